The first-order chi connectivity index (χ1) is 12.6. The third-order valence-electron chi connectivity index (χ3n) is 4.98. The number of carbonyl (C=O) groups is 1. The lowest BCUT2D eigenvalue weighted by Gasteiger charge is -2.09. The number of rotatable bonds is 3. The number of pyridine rings is 1. The molecule has 0 aliphatic carbocycles. The molecule has 0 bridgehead atoms. The molecule has 2 heterocycles. The standard InChI is InChI=1S/C22H20N2O2/c1-14-16(12-15-8-4-6-10-19(15)23-14)13-18-17-9-5-7-11-20(17)24(2)21(18)22(25)26-3/h4-12H,13H2,1-3H3. The van der Waals surface area contributed by atoms with Gasteiger partial charge in [0.1, 0.15) is 5.69 Å². The SMILES string of the molecule is COC(=O)c1c(Cc2cc3ccccc3nc2C)c2ccccc2n1C. The predicted octanol–water partition coefficient (Wildman–Crippen LogP) is 4.41. The zero-order chi connectivity index (χ0) is 18.3. The second-order valence-electron chi connectivity index (χ2n) is 6.50. The average Bonchev–Trinajstić information content (AvgIpc) is 2.94. The number of methoxy groups -OCH3 is 1. The van der Waals surface area contributed by atoms with Crippen LogP contribution < -0.4 is 0 Å². The first-order valence-corrected chi connectivity index (χ1v) is 8.60. The van der Waals surface area contributed by atoms with Crippen molar-refractivity contribution in [3.63, 3.8) is 0 Å². The lowest BCUT2D eigenvalue weighted by Crippen LogP contribution is -2.11. The molecule has 2 aromatic heterocycles. The highest BCUT2D eigenvalue weighted by Gasteiger charge is 2.22. The van der Waals surface area contributed by atoms with Crippen LogP contribution in [0.1, 0.15) is 27.3 Å². The first kappa shape index (κ1) is 16.3. The summed E-state index contributed by atoms with van der Waals surface area (Å²) in [5.74, 6) is -0.315. The van der Waals surface area contributed by atoms with Crippen LogP contribution >= 0.6 is 0 Å². The van der Waals surface area contributed by atoms with E-state index in [4.69, 9.17) is 9.72 Å². The number of ether oxygens (including phenoxy) is 1. The number of para-hydroxylation sites is 2. The van der Waals surface area contributed by atoms with Gasteiger partial charge in [0.15, 0.2) is 0 Å². The molecular formula is C22H20N2O2. The quantitative estimate of drug-likeness (QED) is 0.517. The molecule has 4 heteroatoms. The number of aromatic nitrogens is 2. The van der Waals surface area contributed by atoms with E-state index >= 15 is 0 Å². The van der Waals surface area contributed by atoms with Gasteiger partial charge in [0, 0.05) is 35.5 Å². The Morgan fingerprint density at radius 3 is 2.65 bits per heavy atom. The molecule has 130 valence electrons. The highest BCUT2D eigenvalue weighted by atomic mass is 16.5. The van der Waals surface area contributed by atoms with Gasteiger partial charge in [-0.05, 0) is 36.2 Å². The summed E-state index contributed by atoms with van der Waals surface area (Å²) in [6.07, 6.45) is 0.634. The van der Waals surface area contributed by atoms with E-state index in [0.29, 0.717) is 12.1 Å². The molecule has 0 aliphatic rings. The van der Waals surface area contributed by atoms with Gasteiger partial charge >= 0.3 is 5.97 Å². The molecule has 0 N–H and O–H groups in total. The minimum Gasteiger partial charge on any atom is -0.464 e. The smallest absolute Gasteiger partial charge is 0.354 e. The molecule has 0 saturated heterocycles. The van der Waals surface area contributed by atoms with Gasteiger partial charge in [-0.3, -0.25) is 4.98 Å². The Labute approximate surface area is 152 Å². The molecule has 0 fully saturated rings. The second kappa shape index (κ2) is 6.30. The summed E-state index contributed by atoms with van der Waals surface area (Å²) in [4.78, 5) is 17.2. The van der Waals surface area contributed by atoms with Crippen LogP contribution in [0.5, 0.6) is 0 Å². The molecule has 0 radical (unpaired) electrons. The van der Waals surface area contributed by atoms with Crippen molar-refractivity contribution in [2.75, 3.05) is 7.11 Å². The van der Waals surface area contributed by atoms with E-state index in [1.165, 1.54) is 7.11 Å². The van der Waals surface area contributed by atoms with Crippen molar-refractivity contribution in [1.29, 1.82) is 0 Å². The molecule has 0 atom stereocenters. The van der Waals surface area contributed by atoms with Gasteiger partial charge in [-0.2, -0.15) is 0 Å². The Morgan fingerprint density at radius 2 is 1.85 bits per heavy atom. The van der Waals surface area contributed by atoms with Crippen LogP contribution in [0.15, 0.2) is 54.6 Å². The molecule has 0 unspecified atom stereocenters. The minimum absolute atomic E-state index is 0.315. The summed E-state index contributed by atoms with van der Waals surface area (Å²) in [6, 6.07) is 18.3. The van der Waals surface area contributed by atoms with Crippen molar-refractivity contribution in [1.82, 2.24) is 9.55 Å². The molecule has 2 aromatic carbocycles. The molecular weight excluding hydrogens is 324 g/mol. The Bertz CT molecular complexity index is 1140. The van der Waals surface area contributed by atoms with Crippen LogP contribution in [0.25, 0.3) is 21.8 Å². The fourth-order valence-electron chi connectivity index (χ4n) is 3.63. The number of carbonyl (C=O) groups excluding carboxylic acids is 1. The Morgan fingerprint density at radius 1 is 1.12 bits per heavy atom. The number of benzene rings is 2. The maximum absolute atomic E-state index is 12.5. The van der Waals surface area contributed by atoms with Crippen LogP contribution in [0, 0.1) is 6.92 Å². The van der Waals surface area contributed by atoms with Gasteiger partial charge in [0.2, 0.25) is 0 Å². The largest absolute Gasteiger partial charge is 0.464 e. The van der Waals surface area contributed by atoms with Crippen LogP contribution in [0.3, 0.4) is 0 Å². The third-order valence-corrected chi connectivity index (χ3v) is 4.98. The zero-order valence-electron chi connectivity index (χ0n) is 15.1. The van der Waals surface area contributed by atoms with E-state index in [0.717, 1.165) is 38.6 Å². The molecule has 4 rings (SSSR count). The van der Waals surface area contributed by atoms with Gasteiger partial charge in [0.25, 0.3) is 0 Å². The van der Waals surface area contributed by atoms with Crippen molar-refractivity contribution in [2.45, 2.75) is 13.3 Å². The topological polar surface area (TPSA) is 44.1 Å². The molecule has 4 nitrogen and oxygen atoms in total. The van der Waals surface area contributed by atoms with Crippen molar-refractivity contribution in [2.24, 2.45) is 7.05 Å². The number of esters is 1. The van der Waals surface area contributed by atoms with Gasteiger partial charge in [-0.25, -0.2) is 4.79 Å². The van der Waals surface area contributed by atoms with Crippen LogP contribution in [0.2, 0.25) is 0 Å². The van der Waals surface area contributed by atoms with E-state index in [1.807, 2.05) is 54.9 Å². The fraction of sp³-hybridized carbons (Fsp3) is 0.182. The Balaban J connectivity index is 1.92. The average molecular weight is 344 g/mol. The van der Waals surface area contributed by atoms with Crippen molar-refractivity contribution in [3.05, 3.63) is 77.1 Å². The molecule has 4 aromatic rings. The molecule has 26 heavy (non-hydrogen) atoms. The van der Waals surface area contributed by atoms with Gasteiger partial charge in [-0.15, -0.1) is 0 Å². The maximum atomic E-state index is 12.5. The van der Waals surface area contributed by atoms with Gasteiger partial charge in [-0.1, -0.05) is 36.4 Å². The summed E-state index contributed by atoms with van der Waals surface area (Å²) in [5, 5.41) is 2.18. The summed E-state index contributed by atoms with van der Waals surface area (Å²) < 4.78 is 6.97. The normalized spacial score (nSPS) is 11.2. The summed E-state index contributed by atoms with van der Waals surface area (Å²) in [7, 11) is 3.33. The molecule has 0 amide bonds. The van der Waals surface area contributed by atoms with E-state index in [9.17, 15) is 4.79 Å². The number of fused-ring (bicyclic) bond motifs is 2. The monoisotopic (exact) mass is 344 g/mol. The van der Waals surface area contributed by atoms with Gasteiger partial charge < -0.3 is 9.30 Å². The van der Waals surface area contributed by atoms with Crippen LogP contribution in [0.4, 0.5) is 0 Å². The van der Waals surface area contributed by atoms with Crippen molar-refractivity contribution in [3.8, 4) is 0 Å². The highest BCUT2D eigenvalue weighted by molar-refractivity contribution is 5.99. The Kier molecular flexibility index (Phi) is 3.96. The lowest BCUT2D eigenvalue weighted by molar-refractivity contribution is 0.0589. The maximum Gasteiger partial charge on any atom is 0.354 e. The van der Waals surface area contributed by atoms with Gasteiger partial charge in [0.05, 0.1) is 12.6 Å². The third kappa shape index (κ3) is 2.54. The summed E-state index contributed by atoms with van der Waals surface area (Å²) >= 11 is 0. The van der Waals surface area contributed by atoms with E-state index < -0.39 is 0 Å². The van der Waals surface area contributed by atoms with Crippen LogP contribution in [-0.4, -0.2) is 22.6 Å². The van der Waals surface area contributed by atoms with Crippen molar-refractivity contribution >= 4 is 27.8 Å². The molecule has 0 spiro atoms. The van der Waals surface area contributed by atoms with Crippen molar-refractivity contribution < 1.29 is 9.53 Å². The van der Waals surface area contributed by atoms with E-state index in [-0.39, 0.29) is 5.97 Å². The summed E-state index contributed by atoms with van der Waals surface area (Å²) in [6.45, 7) is 2.02. The molecule has 0 aliphatic heterocycles. The number of hydrogen-bond acceptors (Lipinski definition) is 3. The number of aryl methyl sites for hydroxylation is 2. The Hall–Kier alpha value is -3.14. The number of hydrogen-bond donors (Lipinski definition) is 0. The zero-order valence-corrected chi connectivity index (χ0v) is 15.1. The number of nitrogens with zero attached hydrogens (tertiary/aromatic N) is 2. The molecule has 0 saturated carbocycles. The van der Waals surface area contributed by atoms with E-state index in [2.05, 4.69) is 18.2 Å². The second-order valence-corrected chi connectivity index (χ2v) is 6.50. The summed E-state index contributed by atoms with van der Waals surface area (Å²) in [5.41, 5.74) is 5.68. The first-order valence-electron chi connectivity index (χ1n) is 8.60. The lowest BCUT2D eigenvalue weighted by atomic mass is 9.99. The van der Waals surface area contributed by atoms with E-state index in [1.54, 1.807) is 0 Å². The predicted molar refractivity (Wildman–Crippen MR) is 104 cm³/mol. The minimum atomic E-state index is -0.315. The van der Waals surface area contributed by atoms with Crippen LogP contribution in [-0.2, 0) is 18.2 Å². The highest BCUT2D eigenvalue weighted by Crippen LogP contribution is 2.29. The fourth-order valence-corrected chi connectivity index (χ4v) is 3.63.